The number of alkyl halides is 1. The Hall–Kier alpha value is -1.60. The number of hydrogen-bond acceptors (Lipinski definition) is 3. The predicted octanol–water partition coefficient (Wildman–Crippen LogP) is 2.88. The summed E-state index contributed by atoms with van der Waals surface area (Å²) in [4.78, 5) is 4.07. The van der Waals surface area contributed by atoms with Crippen LogP contribution in [0.3, 0.4) is 0 Å². The summed E-state index contributed by atoms with van der Waals surface area (Å²) in [6.45, 7) is 0. The zero-order valence-electron chi connectivity index (χ0n) is 7.72. The van der Waals surface area contributed by atoms with Gasteiger partial charge >= 0.3 is 0 Å². The Morgan fingerprint density at radius 3 is 2.80 bits per heavy atom. The Labute approximate surface area is 91.1 Å². The predicted molar refractivity (Wildman–Crippen MR) is 59.2 cm³/mol. The first kappa shape index (κ1) is 9.94. The summed E-state index contributed by atoms with van der Waals surface area (Å²) in [6, 6.07) is 11.0. The van der Waals surface area contributed by atoms with Gasteiger partial charge in [0.25, 0.3) is 0 Å². The van der Waals surface area contributed by atoms with Crippen LogP contribution in [0.1, 0.15) is 5.56 Å². The molecule has 0 spiro atoms. The molecule has 1 atom stereocenters. The van der Waals surface area contributed by atoms with Gasteiger partial charge in [-0.1, -0.05) is 42.1 Å². The summed E-state index contributed by atoms with van der Waals surface area (Å²) in [5, 5.41) is 8.87. The van der Waals surface area contributed by atoms with E-state index in [-0.39, 0.29) is 0 Å². The lowest BCUT2D eigenvalue weighted by molar-refractivity contribution is 0.546. The van der Waals surface area contributed by atoms with E-state index in [0.717, 1.165) is 17.3 Å². The molecule has 2 nitrogen and oxygen atoms in total. The number of thioether (sulfide) groups is 1. The van der Waals surface area contributed by atoms with Gasteiger partial charge < -0.3 is 0 Å². The number of aliphatic imine (C=N–C) groups is 1. The first-order chi connectivity index (χ1) is 7.31. The average Bonchev–Trinajstić information content (AvgIpc) is 2.61. The molecule has 1 heterocycles. The number of nitriles is 1. The van der Waals surface area contributed by atoms with Crippen LogP contribution in [0.5, 0.6) is 0 Å². The van der Waals surface area contributed by atoms with Gasteiger partial charge in [0.05, 0.1) is 11.8 Å². The van der Waals surface area contributed by atoms with Crippen molar-refractivity contribution in [3.63, 3.8) is 0 Å². The summed E-state index contributed by atoms with van der Waals surface area (Å²) < 4.78 is 13.5. The molecule has 1 unspecified atom stereocenters. The second-order valence-electron chi connectivity index (χ2n) is 2.91. The van der Waals surface area contributed by atoms with Gasteiger partial charge in [-0.15, -0.1) is 0 Å². The minimum absolute atomic E-state index is 0.391. The molecule has 0 saturated heterocycles. The Morgan fingerprint density at radius 1 is 1.40 bits per heavy atom. The number of allylic oxidation sites excluding steroid dienone is 1. The van der Waals surface area contributed by atoms with Crippen molar-refractivity contribution >= 4 is 17.5 Å². The van der Waals surface area contributed by atoms with E-state index in [1.54, 1.807) is 12.1 Å². The van der Waals surface area contributed by atoms with Crippen LogP contribution < -0.4 is 0 Å². The number of halogens is 1. The SMILES string of the molecule is N#C/C=C1/N=C(c2ccccc2)C(F)S1. The van der Waals surface area contributed by atoms with Gasteiger partial charge in [-0.2, -0.15) is 5.26 Å². The maximum atomic E-state index is 13.5. The fraction of sp³-hybridized carbons (Fsp3) is 0.0909. The topological polar surface area (TPSA) is 36.1 Å². The van der Waals surface area contributed by atoms with E-state index in [1.165, 1.54) is 6.08 Å². The molecule has 2 rings (SSSR count). The molecule has 74 valence electrons. The summed E-state index contributed by atoms with van der Waals surface area (Å²) in [7, 11) is 0. The largest absolute Gasteiger partial charge is 0.241 e. The summed E-state index contributed by atoms with van der Waals surface area (Å²) in [5.74, 6) is 0. The van der Waals surface area contributed by atoms with Crippen molar-refractivity contribution < 1.29 is 4.39 Å². The molecule has 0 radical (unpaired) electrons. The lowest BCUT2D eigenvalue weighted by Gasteiger charge is -2.01. The van der Waals surface area contributed by atoms with E-state index >= 15 is 0 Å². The molecule has 0 aliphatic carbocycles. The van der Waals surface area contributed by atoms with Gasteiger partial charge in [0.2, 0.25) is 0 Å². The molecule has 0 N–H and O–H groups in total. The molecular formula is C11H7FN2S. The number of rotatable bonds is 1. The van der Waals surface area contributed by atoms with Crippen LogP contribution in [0.15, 0.2) is 46.4 Å². The van der Waals surface area contributed by atoms with Gasteiger partial charge in [0, 0.05) is 6.08 Å². The van der Waals surface area contributed by atoms with E-state index in [2.05, 4.69) is 4.99 Å². The highest BCUT2D eigenvalue weighted by Crippen LogP contribution is 2.34. The Bertz CT molecular complexity index is 459. The van der Waals surface area contributed by atoms with Crippen LogP contribution in [-0.2, 0) is 0 Å². The third kappa shape index (κ3) is 2.08. The van der Waals surface area contributed by atoms with E-state index < -0.39 is 5.50 Å². The van der Waals surface area contributed by atoms with Gasteiger partial charge in [-0.25, -0.2) is 9.38 Å². The second kappa shape index (κ2) is 4.28. The molecule has 1 aliphatic rings. The van der Waals surface area contributed by atoms with Crippen molar-refractivity contribution in [3.05, 3.63) is 47.0 Å². The Balaban J connectivity index is 2.35. The van der Waals surface area contributed by atoms with Gasteiger partial charge in [-0.05, 0) is 5.56 Å². The van der Waals surface area contributed by atoms with Crippen LogP contribution in [0.25, 0.3) is 0 Å². The van der Waals surface area contributed by atoms with Gasteiger partial charge in [0.15, 0.2) is 5.50 Å². The van der Waals surface area contributed by atoms with E-state index in [1.807, 2.05) is 24.3 Å². The highest BCUT2D eigenvalue weighted by atomic mass is 32.2. The van der Waals surface area contributed by atoms with E-state index in [0.29, 0.717) is 10.7 Å². The molecular weight excluding hydrogens is 211 g/mol. The average molecular weight is 218 g/mol. The number of nitrogens with zero attached hydrogens (tertiary/aromatic N) is 2. The van der Waals surface area contributed by atoms with Crippen LogP contribution in [0, 0.1) is 11.3 Å². The maximum absolute atomic E-state index is 13.5. The van der Waals surface area contributed by atoms with Crippen molar-refractivity contribution in [2.24, 2.45) is 4.99 Å². The lowest BCUT2D eigenvalue weighted by atomic mass is 10.1. The first-order valence-corrected chi connectivity index (χ1v) is 5.24. The minimum Gasteiger partial charge on any atom is -0.241 e. The number of hydrogen-bond donors (Lipinski definition) is 0. The highest BCUT2D eigenvalue weighted by molar-refractivity contribution is 8.04. The fourth-order valence-corrected chi connectivity index (χ4v) is 2.07. The van der Waals surface area contributed by atoms with E-state index in [4.69, 9.17) is 5.26 Å². The van der Waals surface area contributed by atoms with E-state index in [9.17, 15) is 4.39 Å². The van der Waals surface area contributed by atoms with Gasteiger partial charge in [0.1, 0.15) is 5.03 Å². The zero-order chi connectivity index (χ0) is 10.7. The monoisotopic (exact) mass is 218 g/mol. The minimum atomic E-state index is -1.17. The summed E-state index contributed by atoms with van der Waals surface area (Å²) >= 11 is 0.961. The lowest BCUT2D eigenvalue weighted by Crippen LogP contribution is -2.08. The maximum Gasteiger partial charge on any atom is 0.194 e. The smallest absolute Gasteiger partial charge is 0.194 e. The standard InChI is InChI=1S/C11H7FN2S/c12-11-10(8-4-2-1-3-5-8)14-9(15-11)6-7-13/h1-6,11H/b9-6-. The highest BCUT2D eigenvalue weighted by Gasteiger charge is 2.25. The van der Waals surface area contributed by atoms with Crippen molar-refractivity contribution in [1.82, 2.24) is 0 Å². The van der Waals surface area contributed by atoms with Crippen LogP contribution in [0.4, 0.5) is 4.39 Å². The molecule has 0 amide bonds. The zero-order valence-corrected chi connectivity index (χ0v) is 8.54. The summed E-state index contributed by atoms with van der Waals surface area (Å²) in [6.07, 6.45) is 1.26. The molecule has 0 saturated carbocycles. The molecule has 15 heavy (non-hydrogen) atoms. The van der Waals surface area contributed by atoms with Gasteiger partial charge in [-0.3, -0.25) is 0 Å². The number of benzene rings is 1. The first-order valence-electron chi connectivity index (χ1n) is 4.36. The second-order valence-corrected chi connectivity index (χ2v) is 3.98. The Morgan fingerprint density at radius 2 is 2.13 bits per heavy atom. The molecule has 0 bridgehead atoms. The summed E-state index contributed by atoms with van der Waals surface area (Å²) in [5.41, 5.74) is -0.0204. The molecule has 4 heteroatoms. The van der Waals surface area contributed by atoms with Crippen LogP contribution >= 0.6 is 11.8 Å². The third-order valence-corrected chi connectivity index (χ3v) is 2.81. The fourth-order valence-electron chi connectivity index (χ4n) is 1.28. The Kier molecular flexibility index (Phi) is 2.84. The normalized spacial score (nSPS) is 22.5. The molecule has 0 aromatic heterocycles. The third-order valence-electron chi connectivity index (χ3n) is 1.93. The van der Waals surface area contributed by atoms with Crippen molar-refractivity contribution in [1.29, 1.82) is 5.26 Å². The van der Waals surface area contributed by atoms with Crippen molar-refractivity contribution in [3.8, 4) is 6.07 Å². The molecule has 1 aromatic carbocycles. The quantitative estimate of drug-likeness (QED) is 0.679. The molecule has 1 aromatic rings. The van der Waals surface area contributed by atoms with Crippen molar-refractivity contribution in [2.75, 3.05) is 0 Å². The van der Waals surface area contributed by atoms with Crippen LogP contribution in [0.2, 0.25) is 0 Å². The van der Waals surface area contributed by atoms with Crippen molar-refractivity contribution in [2.45, 2.75) is 5.50 Å². The van der Waals surface area contributed by atoms with Crippen LogP contribution in [-0.4, -0.2) is 11.2 Å². The molecule has 1 aliphatic heterocycles. The molecule has 0 fully saturated rings.